The van der Waals surface area contributed by atoms with Gasteiger partial charge in [0.05, 0.1) is 9.75 Å². The first-order chi connectivity index (χ1) is 11.4. The Morgan fingerprint density at radius 2 is 1.88 bits per heavy atom. The molecule has 0 spiro atoms. The van der Waals surface area contributed by atoms with E-state index in [0.29, 0.717) is 31.7 Å². The molecular weight excluding hydrogens is 348 g/mol. The summed E-state index contributed by atoms with van der Waals surface area (Å²) in [6.07, 6.45) is 0. The summed E-state index contributed by atoms with van der Waals surface area (Å²) in [5.74, 6) is -0.0547. The lowest BCUT2D eigenvalue weighted by atomic mass is 10.2. The molecule has 0 amide bonds. The van der Waals surface area contributed by atoms with Gasteiger partial charge in [-0.15, -0.1) is 11.3 Å². The van der Waals surface area contributed by atoms with Gasteiger partial charge in [-0.1, -0.05) is 17.4 Å². The zero-order valence-electron chi connectivity index (χ0n) is 13.1. The number of aromatic nitrogens is 4. The molecule has 0 aliphatic carbocycles. The average molecular weight is 360 g/mol. The SMILES string of the molecule is Cc1c(C(=O)c2cccs2)sc2nc3c(n(C)c(=O)c(=O)n3C)n12. The second-order valence-electron chi connectivity index (χ2n) is 5.43. The molecule has 0 fully saturated rings. The fourth-order valence-electron chi connectivity index (χ4n) is 2.75. The van der Waals surface area contributed by atoms with Crippen LogP contribution in [0.4, 0.5) is 0 Å². The van der Waals surface area contributed by atoms with Crippen LogP contribution in [-0.2, 0) is 14.1 Å². The largest absolute Gasteiger partial charge is 0.317 e. The molecule has 0 bridgehead atoms. The highest BCUT2D eigenvalue weighted by atomic mass is 32.1. The molecule has 0 saturated carbocycles. The quantitative estimate of drug-likeness (QED) is 0.401. The zero-order chi connectivity index (χ0) is 17.2. The first-order valence-electron chi connectivity index (χ1n) is 7.07. The molecule has 0 atom stereocenters. The second kappa shape index (κ2) is 4.99. The predicted molar refractivity (Wildman–Crippen MR) is 93.5 cm³/mol. The smallest absolute Gasteiger partial charge is 0.290 e. The standard InChI is InChI=1S/C15H12N4O3S2/c1-7-10(9(20)8-5-4-6-23-8)24-15-16-11-12(19(7)15)18(3)14(22)13(21)17(11)2/h4-6H,1-3H3. The van der Waals surface area contributed by atoms with E-state index < -0.39 is 11.1 Å². The number of ketones is 1. The van der Waals surface area contributed by atoms with Gasteiger partial charge in [0, 0.05) is 19.8 Å². The van der Waals surface area contributed by atoms with Gasteiger partial charge in [-0.3, -0.25) is 27.9 Å². The molecule has 0 N–H and O–H groups in total. The Balaban J connectivity index is 2.10. The topological polar surface area (TPSA) is 78.4 Å². The minimum absolute atomic E-state index is 0.0547. The van der Waals surface area contributed by atoms with E-state index in [-0.39, 0.29) is 5.78 Å². The van der Waals surface area contributed by atoms with Gasteiger partial charge in [-0.2, -0.15) is 4.98 Å². The fourth-order valence-corrected chi connectivity index (χ4v) is 4.56. The molecule has 0 aliphatic rings. The van der Waals surface area contributed by atoms with Crippen LogP contribution in [0, 0.1) is 6.92 Å². The number of imidazole rings is 1. The Morgan fingerprint density at radius 3 is 2.54 bits per heavy atom. The lowest BCUT2D eigenvalue weighted by Crippen LogP contribution is -2.39. The molecule has 7 nitrogen and oxygen atoms in total. The number of hydrogen-bond acceptors (Lipinski definition) is 6. The van der Waals surface area contributed by atoms with Gasteiger partial charge in [0.1, 0.15) is 0 Å². The number of carbonyl (C=O) groups excluding carboxylic acids is 1. The third-order valence-electron chi connectivity index (χ3n) is 4.04. The van der Waals surface area contributed by atoms with E-state index in [4.69, 9.17) is 0 Å². The summed E-state index contributed by atoms with van der Waals surface area (Å²) in [6, 6.07) is 3.62. The number of nitrogens with zero attached hydrogens (tertiary/aromatic N) is 4. The van der Waals surface area contributed by atoms with Crippen molar-refractivity contribution in [3.05, 3.63) is 53.7 Å². The molecule has 0 radical (unpaired) electrons. The zero-order valence-corrected chi connectivity index (χ0v) is 14.7. The second-order valence-corrected chi connectivity index (χ2v) is 7.35. The maximum absolute atomic E-state index is 12.7. The lowest BCUT2D eigenvalue weighted by Gasteiger charge is -2.05. The third-order valence-corrected chi connectivity index (χ3v) is 6.05. The van der Waals surface area contributed by atoms with Crippen LogP contribution in [0.2, 0.25) is 0 Å². The van der Waals surface area contributed by atoms with Crippen molar-refractivity contribution in [2.24, 2.45) is 14.1 Å². The number of thiazole rings is 1. The molecule has 4 aromatic rings. The first kappa shape index (κ1) is 15.0. The van der Waals surface area contributed by atoms with E-state index in [1.54, 1.807) is 10.5 Å². The molecule has 0 unspecified atom stereocenters. The summed E-state index contributed by atoms with van der Waals surface area (Å²) >= 11 is 2.65. The van der Waals surface area contributed by atoms with E-state index in [9.17, 15) is 14.4 Å². The van der Waals surface area contributed by atoms with Gasteiger partial charge < -0.3 is 0 Å². The maximum Gasteiger partial charge on any atom is 0.317 e. The molecule has 4 rings (SSSR count). The molecule has 0 aliphatic heterocycles. The highest BCUT2D eigenvalue weighted by Crippen LogP contribution is 2.29. The van der Waals surface area contributed by atoms with Gasteiger partial charge in [0.2, 0.25) is 5.78 Å². The normalized spacial score (nSPS) is 11.6. The summed E-state index contributed by atoms with van der Waals surface area (Å²) in [5, 5.41) is 1.86. The minimum Gasteiger partial charge on any atom is -0.290 e. The van der Waals surface area contributed by atoms with Crippen LogP contribution >= 0.6 is 22.7 Å². The van der Waals surface area contributed by atoms with Crippen molar-refractivity contribution < 1.29 is 4.79 Å². The highest BCUT2D eigenvalue weighted by molar-refractivity contribution is 7.20. The number of carbonyl (C=O) groups is 1. The predicted octanol–water partition coefficient (Wildman–Crippen LogP) is 1.55. The van der Waals surface area contributed by atoms with Crippen LogP contribution in [0.25, 0.3) is 16.3 Å². The van der Waals surface area contributed by atoms with Gasteiger partial charge in [0.15, 0.2) is 16.3 Å². The Bertz CT molecular complexity index is 1240. The maximum atomic E-state index is 12.7. The van der Waals surface area contributed by atoms with E-state index in [2.05, 4.69) is 4.98 Å². The molecule has 9 heteroatoms. The summed E-state index contributed by atoms with van der Waals surface area (Å²) in [4.78, 5) is 43.0. The summed E-state index contributed by atoms with van der Waals surface area (Å²) in [7, 11) is 3.06. The van der Waals surface area contributed by atoms with Crippen molar-refractivity contribution >= 4 is 44.7 Å². The van der Waals surface area contributed by atoms with Crippen LogP contribution in [0.1, 0.15) is 20.2 Å². The van der Waals surface area contributed by atoms with Crippen molar-refractivity contribution in [2.45, 2.75) is 6.92 Å². The van der Waals surface area contributed by atoms with Crippen LogP contribution in [0.3, 0.4) is 0 Å². The summed E-state index contributed by atoms with van der Waals surface area (Å²) < 4.78 is 4.30. The fraction of sp³-hybridized carbons (Fsp3) is 0.200. The van der Waals surface area contributed by atoms with Crippen molar-refractivity contribution in [1.29, 1.82) is 0 Å². The van der Waals surface area contributed by atoms with Crippen LogP contribution in [0.5, 0.6) is 0 Å². The van der Waals surface area contributed by atoms with Gasteiger partial charge >= 0.3 is 11.1 Å². The number of rotatable bonds is 2. The summed E-state index contributed by atoms with van der Waals surface area (Å²) in [6.45, 7) is 1.82. The Labute approximate surface area is 143 Å². The number of aryl methyl sites for hydroxylation is 3. The van der Waals surface area contributed by atoms with Gasteiger partial charge in [0.25, 0.3) is 0 Å². The number of thiophene rings is 1. The Morgan fingerprint density at radius 1 is 1.17 bits per heavy atom. The molecule has 122 valence electrons. The molecule has 4 aromatic heterocycles. The molecule has 0 aromatic carbocycles. The van der Waals surface area contributed by atoms with Crippen LogP contribution < -0.4 is 11.1 Å². The average Bonchev–Trinajstić information content (AvgIpc) is 3.27. The van der Waals surface area contributed by atoms with Crippen LogP contribution in [0.15, 0.2) is 27.1 Å². The number of hydrogen-bond donors (Lipinski definition) is 0. The van der Waals surface area contributed by atoms with E-state index in [1.807, 2.05) is 18.4 Å². The Kier molecular flexibility index (Phi) is 3.12. The van der Waals surface area contributed by atoms with Crippen molar-refractivity contribution in [3.63, 3.8) is 0 Å². The van der Waals surface area contributed by atoms with E-state index >= 15 is 0 Å². The third kappa shape index (κ3) is 1.82. The van der Waals surface area contributed by atoms with E-state index in [1.165, 1.54) is 45.9 Å². The van der Waals surface area contributed by atoms with E-state index in [0.717, 1.165) is 0 Å². The molecular formula is C15H12N4O3S2. The first-order valence-corrected chi connectivity index (χ1v) is 8.77. The lowest BCUT2D eigenvalue weighted by molar-refractivity contribution is 0.104. The van der Waals surface area contributed by atoms with Crippen LogP contribution in [-0.4, -0.2) is 24.3 Å². The molecule has 24 heavy (non-hydrogen) atoms. The molecule has 4 heterocycles. The van der Waals surface area contributed by atoms with Crippen molar-refractivity contribution in [3.8, 4) is 0 Å². The van der Waals surface area contributed by atoms with Gasteiger partial charge in [-0.05, 0) is 18.4 Å². The minimum atomic E-state index is -0.622. The Hall–Kier alpha value is -2.52. The van der Waals surface area contributed by atoms with Crippen molar-refractivity contribution in [1.82, 2.24) is 18.5 Å². The highest BCUT2D eigenvalue weighted by Gasteiger charge is 2.23. The summed E-state index contributed by atoms with van der Waals surface area (Å²) in [5.41, 5.74) is 0.402. The molecule has 0 saturated heterocycles. The van der Waals surface area contributed by atoms with Crippen molar-refractivity contribution in [2.75, 3.05) is 0 Å². The number of fused-ring (bicyclic) bond motifs is 3. The van der Waals surface area contributed by atoms with Gasteiger partial charge in [-0.25, -0.2) is 0 Å². The monoisotopic (exact) mass is 360 g/mol.